The standard InChI is InChI=1S/C15H18FNOS/c1-17-15(10-4-6-18-7-5-10)14-9-11-8-12(16)2-3-13(11)19-14/h2-3,8-10,15,17H,4-7H2,1H3. The molecule has 0 aliphatic carbocycles. The number of hydrogen-bond acceptors (Lipinski definition) is 3. The van der Waals surface area contributed by atoms with Gasteiger partial charge in [-0.05, 0) is 55.5 Å². The maximum absolute atomic E-state index is 13.3. The molecule has 1 fully saturated rings. The number of benzene rings is 1. The van der Waals surface area contributed by atoms with Gasteiger partial charge in [0.2, 0.25) is 0 Å². The fraction of sp³-hybridized carbons (Fsp3) is 0.467. The van der Waals surface area contributed by atoms with Crippen LogP contribution in [-0.2, 0) is 4.74 Å². The van der Waals surface area contributed by atoms with Crippen LogP contribution in [-0.4, -0.2) is 20.3 Å². The highest BCUT2D eigenvalue weighted by Crippen LogP contribution is 2.36. The highest BCUT2D eigenvalue weighted by molar-refractivity contribution is 7.19. The third-order valence-corrected chi connectivity index (χ3v) is 5.05. The second kappa shape index (κ2) is 5.57. The number of fused-ring (bicyclic) bond motifs is 1. The first-order chi connectivity index (χ1) is 9.28. The molecule has 1 aliphatic heterocycles. The second-order valence-electron chi connectivity index (χ2n) is 5.05. The molecule has 3 rings (SSSR count). The lowest BCUT2D eigenvalue weighted by molar-refractivity contribution is 0.0550. The van der Waals surface area contributed by atoms with E-state index in [2.05, 4.69) is 11.4 Å². The predicted octanol–water partition coefficient (Wildman–Crippen LogP) is 3.73. The van der Waals surface area contributed by atoms with Crippen molar-refractivity contribution in [2.24, 2.45) is 5.92 Å². The van der Waals surface area contributed by atoms with Crippen molar-refractivity contribution in [1.82, 2.24) is 5.32 Å². The minimum atomic E-state index is -0.163. The van der Waals surface area contributed by atoms with Gasteiger partial charge in [0.15, 0.2) is 0 Å². The number of halogens is 1. The monoisotopic (exact) mass is 279 g/mol. The molecule has 2 aromatic rings. The molecule has 2 nitrogen and oxygen atoms in total. The van der Waals surface area contributed by atoms with Gasteiger partial charge in [-0.3, -0.25) is 0 Å². The normalized spacial score (nSPS) is 18.8. The Bertz CT molecular complexity index is 562. The highest BCUT2D eigenvalue weighted by Gasteiger charge is 2.25. The van der Waals surface area contributed by atoms with Crippen LogP contribution in [0, 0.1) is 11.7 Å². The van der Waals surface area contributed by atoms with Gasteiger partial charge in [-0.1, -0.05) is 0 Å². The van der Waals surface area contributed by atoms with E-state index >= 15 is 0 Å². The summed E-state index contributed by atoms with van der Waals surface area (Å²) in [6.07, 6.45) is 2.18. The van der Waals surface area contributed by atoms with Crippen molar-refractivity contribution in [3.8, 4) is 0 Å². The van der Waals surface area contributed by atoms with E-state index in [9.17, 15) is 4.39 Å². The molecule has 0 amide bonds. The van der Waals surface area contributed by atoms with E-state index in [1.54, 1.807) is 17.4 Å². The lowest BCUT2D eigenvalue weighted by Crippen LogP contribution is -2.29. The lowest BCUT2D eigenvalue weighted by Gasteiger charge is -2.29. The van der Waals surface area contributed by atoms with Gasteiger partial charge in [0.05, 0.1) is 0 Å². The van der Waals surface area contributed by atoms with E-state index < -0.39 is 0 Å². The summed E-state index contributed by atoms with van der Waals surface area (Å²) < 4.78 is 19.8. The van der Waals surface area contributed by atoms with E-state index in [0.717, 1.165) is 36.1 Å². The molecular formula is C15H18FNOS. The Hall–Kier alpha value is -0.970. The average molecular weight is 279 g/mol. The summed E-state index contributed by atoms with van der Waals surface area (Å²) in [6, 6.07) is 7.50. The van der Waals surface area contributed by atoms with Crippen molar-refractivity contribution in [3.63, 3.8) is 0 Å². The largest absolute Gasteiger partial charge is 0.381 e. The molecule has 1 aromatic heterocycles. The molecule has 2 heterocycles. The quantitative estimate of drug-likeness (QED) is 0.924. The summed E-state index contributed by atoms with van der Waals surface area (Å²) in [5, 5.41) is 4.43. The third-order valence-electron chi connectivity index (χ3n) is 3.85. The minimum absolute atomic E-state index is 0.163. The molecule has 1 atom stereocenters. The molecule has 1 N–H and O–H groups in total. The van der Waals surface area contributed by atoms with Gasteiger partial charge in [0.1, 0.15) is 5.82 Å². The Morgan fingerprint density at radius 3 is 2.84 bits per heavy atom. The Morgan fingerprint density at radius 2 is 2.11 bits per heavy atom. The molecule has 1 aliphatic rings. The van der Waals surface area contributed by atoms with Gasteiger partial charge in [-0.25, -0.2) is 4.39 Å². The van der Waals surface area contributed by atoms with E-state index in [4.69, 9.17) is 4.74 Å². The molecule has 1 unspecified atom stereocenters. The van der Waals surface area contributed by atoms with Crippen LogP contribution in [0.2, 0.25) is 0 Å². The average Bonchev–Trinajstić information content (AvgIpc) is 2.83. The first-order valence-corrected chi connectivity index (χ1v) is 7.53. The number of ether oxygens (including phenoxy) is 1. The van der Waals surface area contributed by atoms with Crippen molar-refractivity contribution in [3.05, 3.63) is 35.0 Å². The van der Waals surface area contributed by atoms with Crippen LogP contribution >= 0.6 is 11.3 Å². The summed E-state index contributed by atoms with van der Waals surface area (Å²) >= 11 is 1.76. The lowest BCUT2D eigenvalue weighted by atomic mass is 9.91. The zero-order valence-electron chi connectivity index (χ0n) is 11.0. The molecule has 19 heavy (non-hydrogen) atoms. The van der Waals surface area contributed by atoms with E-state index in [-0.39, 0.29) is 5.82 Å². The zero-order valence-corrected chi connectivity index (χ0v) is 11.8. The van der Waals surface area contributed by atoms with E-state index in [0.29, 0.717) is 12.0 Å². The van der Waals surface area contributed by atoms with Crippen LogP contribution in [0.3, 0.4) is 0 Å². The van der Waals surface area contributed by atoms with Crippen LogP contribution in [0.5, 0.6) is 0 Å². The summed E-state index contributed by atoms with van der Waals surface area (Å²) in [6.45, 7) is 1.70. The van der Waals surface area contributed by atoms with Crippen LogP contribution in [0.4, 0.5) is 4.39 Å². The number of rotatable bonds is 3. The first kappa shape index (κ1) is 13.0. The summed E-state index contributed by atoms with van der Waals surface area (Å²) in [7, 11) is 2.01. The summed E-state index contributed by atoms with van der Waals surface area (Å²) in [5.74, 6) is 0.445. The Kier molecular flexibility index (Phi) is 3.82. The van der Waals surface area contributed by atoms with Gasteiger partial charge in [0, 0.05) is 28.8 Å². The van der Waals surface area contributed by atoms with Crippen LogP contribution < -0.4 is 5.32 Å². The van der Waals surface area contributed by atoms with Gasteiger partial charge >= 0.3 is 0 Å². The second-order valence-corrected chi connectivity index (χ2v) is 6.16. The van der Waals surface area contributed by atoms with E-state index in [1.807, 2.05) is 13.1 Å². The first-order valence-electron chi connectivity index (χ1n) is 6.72. The highest BCUT2D eigenvalue weighted by atomic mass is 32.1. The molecule has 0 saturated carbocycles. The SMILES string of the molecule is CNC(c1cc2cc(F)ccc2s1)C1CCOCC1. The fourth-order valence-corrected chi connectivity index (χ4v) is 4.10. The predicted molar refractivity (Wildman–Crippen MR) is 77.1 cm³/mol. The third kappa shape index (κ3) is 2.66. The number of thiophene rings is 1. The molecule has 102 valence electrons. The maximum Gasteiger partial charge on any atom is 0.123 e. The molecule has 4 heteroatoms. The van der Waals surface area contributed by atoms with Crippen LogP contribution in [0.15, 0.2) is 24.3 Å². The Balaban J connectivity index is 1.91. The van der Waals surface area contributed by atoms with Crippen molar-refractivity contribution < 1.29 is 9.13 Å². The maximum atomic E-state index is 13.3. The van der Waals surface area contributed by atoms with Gasteiger partial charge in [-0.15, -0.1) is 11.3 Å². The fourth-order valence-electron chi connectivity index (χ4n) is 2.85. The van der Waals surface area contributed by atoms with Gasteiger partial charge in [0.25, 0.3) is 0 Å². The van der Waals surface area contributed by atoms with Crippen LogP contribution in [0.25, 0.3) is 10.1 Å². The van der Waals surface area contributed by atoms with E-state index in [1.165, 1.54) is 10.9 Å². The van der Waals surface area contributed by atoms with Crippen molar-refractivity contribution in [1.29, 1.82) is 0 Å². The molecule has 0 spiro atoms. The molecule has 1 saturated heterocycles. The topological polar surface area (TPSA) is 21.3 Å². The van der Waals surface area contributed by atoms with Crippen molar-refractivity contribution in [2.45, 2.75) is 18.9 Å². The molecule has 0 bridgehead atoms. The van der Waals surface area contributed by atoms with Crippen molar-refractivity contribution >= 4 is 21.4 Å². The van der Waals surface area contributed by atoms with Gasteiger partial charge < -0.3 is 10.1 Å². The molecule has 0 radical (unpaired) electrons. The Morgan fingerprint density at radius 1 is 1.32 bits per heavy atom. The molecular weight excluding hydrogens is 261 g/mol. The van der Waals surface area contributed by atoms with Crippen LogP contribution in [0.1, 0.15) is 23.8 Å². The summed E-state index contributed by atoms with van der Waals surface area (Å²) in [4.78, 5) is 1.30. The van der Waals surface area contributed by atoms with Crippen molar-refractivity contribution in [2.75, 3.05) is 20.3 Å². The zero-order chi connectivity index (χ0) is 13.2. The summed E-state index contributed by atoms with van der Waals surface area (Å²) in [5.41, 5.74) is 0. The smallest absolute Gasteiger partial charge is 0.123 e. The molecule has 1 aromatic carbocycles. The number of hydrogen-bond donors (Lipinski definition) is 1. The van der Waals surface area contributed by atoms with Gasteiger partial charge in [-0.2, -0.15) is 0 Å². The Labute approximate surface area is 116 Å². The number of nitrogens with one attached hydrogen (secondary N) is 1. The minimum Gasteiger partial charge on any atom is -0.381 e.